The summed E-state index contributed by atoms with van der Waals surface area (Å²) in [5, 5.41) is 15.2. The second-order valence-electron chi connectivity index (χ2n) is 7.85. The maximum Gasteiger partial charge on any atom is 0.260 e. The zero-order valence-electron chi connectivity index (χ0n) is 20.8. The third-order valence-corrected chi connectivity index (χ3v) is 5.41. The number of aromatic hydroxyl groups is 1. The number of pyridine rings is 2. The summed E-state index contributed by atoms with van der Waals surface area (Å²) in [6.07, 6.45) is 3.24. The minimum absolute atomic E-state index is 0. The summed E-state index contributed by atoms with van der Waals surface area (Å²) in [5.74, 6) is -1.31. The Morgan fingerprint density at radius 1 is 0.769 bits per heavy atom. The second kappa shape index (κ2) is 17.3. The van der Waals surface area contributed by atoms with E-state index in [-0.39, 0.29) is 83.4 Å². The Bertz CT molecular complexity index is 1270. The van der Waals surface area contributed by atoms with Crippen LogP contribution in [0.15, 0.2) is 70.5 Å². The molecule has 0 radical (unpaired) electrons. The number of aromatic amines is 2. The van der Waals surface area contributed by atoms with E-state index in [0.717, 1.165) is 0 Å². The summed E-state index contributed by atoms with van der Waals surface area (Å²) in [5.41, 5.74) is -0.516. The molecule has 0 saturated heterocycles. The van der Waals surface area contributed by atoms with Crippen LogP contribution in [0.2, 0.25) is 0 Å². The van der Waals surface area contributed by atoms with Crippen molar-refractivity contribution in [2.45, 2.75) is 12.8 Å². The van der Waals surface area contributed by atoms with Gasteiger partial charge in [-0.3, -0.25) is 24.0 Å². The molecule has 0 bridgehead atoms. The number of carbonyl (C=O) groups is 3. The molecule has 3 rings (SSSR count). The van der Waals surface area contributed by atoms with Crippen LogP contribution in [-0.4, -0.2) is 74.8 Å². The van der Waals surface area contributed by atoms with Gasteiger partial charge >= 0.3 is 0 Å². The van der Waals surface area contributed by atoms with Crippen LogP contribution in [0.25, 0.3) is 0 Å². The number of H-pyrrole nitrogens is 2. The number of rotatable bonds is 11. The first-order valence-electron chi connectivity index (χ1n) is 11.3. The van der Waals surface area contributed by atoms with Crippen molar-refractivity contribution < 1.29 is 47.5 Å². The minimum Gasteiger partial charge on any atom is -0.508 e. The van der Waals surface area contributed by atoms with Crippen molar-refractivity contribution in [1.29, 1.82) is 0 Å². The van der Waals surface area contributed by atoms with E-state index >= 15 is 0 Å². The molecule has 1 aromatic carbocycles. The number of amides is 3. The quantitative estimate of drug-likeness (QED) is 0.172. The molecular weight excluding hydrogens is 554 g/mol. The van der Waals surface area contributed by atoms with E-state index in [1.54, 1.807) is 24.3 Å². The van der Waals surface area contributed by atoms with Gasteiger partial charge in [0.25, 0.3) is 22.9 Å². The smallest absolute Gasteiger partial charge is 0.260 e. The van der Waals surface area contributed by atoms with Crippen LogP contribution in [0.5, 0.6) is 5.75 Å². The predicted molar refractivity (Wildman–Crippen MR) is 139 cm³/mol. The molecule has 3 amide bonds. The topological polar surface area (TPSA) is 227 Å². The molecule has 2 heterocycles. The third kappa shape index (κ3) is 10.2. The molecule has 0 unspecified atom stereocenters. The maximum absolute atomic E-state index is 12.9. The first kappa shape index (κ1) is 34.8. The van der Waals surface area contributed by atoms with Crippen molar-refractivity contribution in [3.05, 3.63) is 98.3 Å². The molecule has 0 fully saturated rings. The molecule has 9 N–H and O–H groups in total. The fraction of sp³-hybridized carbons (Fsp3) is 0.240. The Hall–Kier alpha value is -4.23. The summed E-state index contributed by atoms with van der Waals surface area (Å²) in [4.78, 5) is 67.4. The summed E-state index contributed by atoms with van der Waals surface area (Å²) >= 11 is 0. The van der Waals surface area contributed by atoms with Gasteiger partial charge in [-0.2, -0.15) is 0 Å². The molecule has 3 aromatic rings. The van der Waals surface area contributed by atoms with E-state index in [9.17, 15) is 29.1 Å². The predicted octanol–water partition coefficient (Wildman–Crippen LogP) is -1.26. The van der Waals surface area contributed by atoms with Gasteiger partial charge in [0, 0.05) is 62.1 Å². The second-order valence-corrected chi connectivity index (χ2v) is 7.85. The van der Waals surface area contributed by atoms with Crippen LogP contribution in [0.3, 0.4) is 0 Å². The van der Waals surface area contributed by atoms with E-state index in [1.165, 1.54) is 41.6 Å². The van der Waals surface area contributed by atoms with Gasteiger partial charge < -0.3 is 41.6 Å². The van der Waals surface area contributed by atoms with Crippen LogP contribution in [-0.2, 0) is 28.3 Å². The van der Waals surface area contributed by atoms with E-state index in [0.29, 0.717) is 12.0 Å². The SMILES string of the molecule is O.O.O=C(NCCN(CCNC(=O)c1ccc[nH]c1=O)C(=O)CCc1ccccc1O)c1ccc[nH]c1=O.[Fe]. The average Bonchev–Trinajstić information content (AvgIpc) is 2.87. The summed E-state index contributed by atoms with van der Waals surface area (Å²) in [6, 6.07) is 12.6. The van der Waals surface area contributed by atoms with Crippen LogP contribution in [0.4, 0.5) is 0 Å². The molecule has 0 spiro atoms. The van der Waals surface area contributed by atoms with E-state index < -0.39 is 22.9 Å². The molecule has 14 heteroatoms. The molecule has 0 aliphatic rings. The molecule has 0 aliphatic heterocycles. The molecule has 0 aliphatic carbocycles. The number of hydrogen-bond donors (Lipinski definition) is 5. The standard InChI is InChI=1S/C25H27N5O6.Fe.2H2O/c31-20-8-2-1-5-17(20)9-10-21(32)30(15-13-28-24(35)18-6-3-11-26-22(18)33)16-14-29-25(36)19-7-4-12-27-23(19)34;;;/h1-8,11-12,31H,9-10,13-16H2,(H,26,33)(H,27,34)(H,28,35)(H,29,36);;2*1H2. The number of phenols is 1. The number of nitrogens with one attached hydrogen (secondary N) is 4. The van der Waals surface area contributed by atoms with Gasteiger partial charge in [0.15, 0.2) is 0 Å². The van der Waals surface area contributed by atoms with E-state index in [2.05, 4.69) is 20.6 Å². The van der Waals surface area contributed by atoms with Gasteiger partial charge in [0.05, 0.1) is 0 Å². The van der Waals surface area contributed by atoms with Gasteiger partial charge in [0.2, 0.25) is 5.91 Å². The van der Waals surface area contributed by atoms with Gasteiger partial charge in [0.1, 0.15) is 16.9 Å². The normalized spacial score (nSPS) is 9.64. The minimum atomic E-state index is -0.574. The first-order valence-corrected chi connectivity index (χ1v) is 11.3. The zero-order valence-corrected chi connectivity index (χ0v) is 21.9. The average molecular weight is 585 g/mol. The summed E-state index contributed by atoms with van der Waals surface area (Å²) in [7, 11) is 0. The van der Waals surface area contributed by atoms with Gasteiger partial charge in [-0.1, -0.05) is 18.2 Å². The molecule has 13 nitrogen and oxygen atoms in total. The van der Waals surface area contributed by atoms with Crippen molar-refractivity contribution in [3.63, 3.8) is 0 Å². The van der Waals surface area contributed by atoms with Gasteiger partial charge in [-0.25, -0.2) is 0 Å². The molecule has 212 valence electrons. The molecule has 0 saturated carbocycles. The number of para-hydroxylation sites is 1. The molecule has 0 atom stereocenters. The van der Waals surface area contributed by atoms with Gasteiger partial charge in [-0.15, -0.1) is 0 Å². The number of carbonyl (C=O) groups excluding carboxylic acids is 3. The Morgan fingerprint density at radius 2 is 1.26 bits per heavy atom. The van der Waals surface area contributed by atoms with E-state index in [1.807, 2.05) is 0 Å². The van der Waals surface area contributed by atoms with Crippen molar-refractivity contribution in [2.24, 2.45) is 0 Å². The monoisotopic (exact) mass is 585 g/mol. The van der Waals surface area contributed by atoms with Crippen LogP contribution in [0, 0.1) is 0 Å². The van der Waals surface area contributed by atoms with E-state index in [4.69, 9.17) is 0 Å². The Balaban J connectivity index is 0.00000481. The van der Waals surface area contributed by atoms with Crippen LogP contribution >= 0.6 is 0 Å². The largest absolute Gasteiger partial charge is 0.508 e. The third-order valence-electron chi connectivity index (χ3n) is 5.41. The first-order chi connectivity index (χ1) is 17.4. The number of phenolic OH excluding ortho intramolecular Hbond substituents is 1. The Kier molecular flexibility index (Phi) is 15.4. The number of hydrogen-bond acceptors (Lipinski definition) is 6. The number of nitrogens with zero attached hydrogens (tertiary/aromatic N) is 1. The van der Waals surface area contributed by atoms with Crippen molar-refractivity contribution in [1.82, 2.24) is 25.5 Å². The maximum atomic E-state index is 12.9. The summed E-state index contributed by atoms with van der Waals surface area (Å²) in [6.45, 7) is 0.388. The number of benzene rings is 1. The fourth-order valence-electron chi connectivity index (χ4n) is 3.48. The Labute approximate surface area is 233 Å². The molecular formula is C25H31FeN5O8. The molecule has 39 heavy (non-hydrogen) atoms. The Morgan fingerprint density at radius 3 is 1.72 bits per heavy atom. The van der Waals surface area contributed by atoms with Crippen molar-refractivity contribution in [3.8, 4) is 5.75 Å². The van der Waals surface area contributed by atoms with Crippen LogP contribution in [0.1, 0.15) is 32.7 Å². The van der Waals surface area contributed by atoms with Crippen molar-refractivity contribution >= 4 is 17.7 Å². The zero-order chi connectivity index (χ0) is 25.9. The fourth-order valence-corrected chi connectivity index (χ4v) is 3.48. The molecule has 2 aromatic heterocycles. The van der Waals surface area contributed by atoms with Crippen molar-refractivity contribution in [2.75, 3.05) is 26.2 Å². The van der Waals surface area contributed by atoms with Crippen LogP contribution < -0.4 is 21.8 Å². The number of aryl methyl sites for hydroxylation is 1. The van der Waals surface area contributed by atoms with Gasteiger partial charge in [-0.05, 0) is 42.3 Å². The summed E-state index contributed by atoms with van der Waals surface area (Å²) < 4.78 is 0. The number of aromatic nitrogens is 2.